The van der Waals surface area contributed by atoms with E-state index >= 15 is 0 Å². The number of carbonyl (C=O) groups excluding carboxylic acids is 2. The zero-order valence-electron chi connectivity index (χ0n) is 19.1. The number of aromatic nitrogens is 2. The quantitative estimate of drug-likeness (QED) is 0.448. The van der Waals surface area contributed by atoms with E-state index in [4.69, 9.17) is 4.74 Å². The topological polar surface area (TPSA) is 96.5 Å². The highest BCUT2D eigenvalue weighted by atomic mass is 16.5. The van der Waals surface area contributed by atoms with Gasteiger partial charge in [0.15, 0.2) is 0 Å². The van der Waals surface area contributed by atoms with Gasteiger partial charge >= 0.3 is 0 Å². The second kappa shape index (κ2) is 10.4. The highest BCUT2D eigenvalue weighted by molar-refractivity contribution is 6.13. The Balaban J connectivity index is 1.30. The van der Waals surface area contributed by atoms with Crippen molar-refractivity contribution in [1.29, 1.82) is 0 Å². The van der Waals surface area contributed by atoms with Crippen LogP contribution in [0.1, 0.15) is 10.4 Å². The monoisotopic (exact) mass is 467 g/mol. The second-order valence-electron chi connectivity index (χ2n) is 8.26. The third-order valence-corrected chi connectivity index (χ3v) is 5.79. The number of anilines is 2. The lowest BCUT2D eigenvalue weighted by atomic mass is 10.1. The standard InChI is InChI=1S/C27H25N5O3/c33-26(18-32-13-15-35-16-14-32)29-19-8-10-20(11-9-19)30-27(34)22-17-25(24-7-3-4-12-28-24)31-23-6-2-1-5-21(22)23/h1-12,17H,13-16,18H2,(H,29,33)(H,30,34). The molecule has 176 valence electrons. The van der Waals surface area contributed by atoms with Gasteiger partial charge in [0.1, 0.15) is 0 Å². The van der Waals surface area contributed by atoms with Gasteiger partial charge in [0.25, 0.3) is 5.91 Å². The van der Waals surface area contributed by atoms with E-state index in [9.17, 15) is 9.59 Å². The van der Waals surface area contributed by atoms with Crippen LogP contribution in [0.25, 0.3) is 22.3 Å². The Morgan fingerprint density at radius 1 is 0.857 bits per heavy atom. The van der Waals surface area contributed by atoms with Crippen LogP contribution in [0.2, 0.25) is 0 Å². The maximum Gasteiger partial charge on any atom is 0.256 e. The predicted molar refractivity (Wildman–Crippen MR) is 135 cm³/mol. The van der Waals surface area contributed by atoms with Gasteiger partial charge in [-0.3, -0.25) is 19.5 Å². The van der Waals surface area contributed by atoms with Crippen LogP contribution in [-0.4, -0.2) is 59.5 Å². The number of hydrogen-bond donors (Lipinski definition) is 2. The zero-order chi connectivity index (χ0) is 24.0. The Morgan fingerprint density at radius 2 is 1.57 bits per heavy atom. The van der Waals surface area contributed by atoms with Crippen molar-refractivity contribution >= 4 is 34.1 Å². The summed E-state index contributed by atoms with van der Waals surface area (Å²) in [5.74, 6) is -0.320. The van der Waals surface area contributed by atoms with Crippen molar-refractivity contribution in [3.63, 3.8) is 0 Å². The number of rotatable bonds is 6. The van der Waals surface area contributed by atoms with Crippen molar-refractivity contribution in [3.8, 4) is 11.4 Å². The molecule has 0 radical (unpaired) electrons. The molecule has 1 fully saturated rings. The van der Waals surface area contributed by atoms with Gasteiger partial charge in [0.05, 0.1) is 42.2 Å². The van der Waals surface area contributed by atoms with Gasteiger partial charge in [-0.2, -0.15) is 0 Å². The number of amides is 2. The first kappa shape index (κ1) is 22.6. The summed E-state index contributed by atoms with van der Waals surface area (Å²) in [4.78, 5) is 36.7. The van der Waals surface area contributed by atoms with Gasteiger partial charge < -0.3 is 15.4 Å². The molecule has 2 aromatic carbocycles. The molecular formula is C27H25N5O3. The molecule has 0 atom stereocenters. The summed E-state index contributed by atoms with van der Waals surface area (Å²) in [6, 6.07) is 22.0. The maximum absolute atomic E-state index is 13.3. The molecule has 4 aromatic rings. The van der Waals surface area contributed by atoms with Gasteiger partial charge in [0.2, 0.25) is 5.91 Å². The zero-order valence-corrected chi connectivity index (χ0v) is 19.1. The first-order valence-electron chi connectivity index (χ1n) is 11.5. The molecule has 1 aliphatic rings. The molecule has 0 bridgehead atoms. The molecule has 2 N–H and O–H groups in total. The minimum absolute atomic E-state index is 0.0750. The SMILES string of the molecule is O=C(CN1CCOCC1)Nc1ccc(NC(=O)c2cc(-c3ccccn3)nc3ccccc23)cc1. The lowest BCUT2D eigenvalue weighted by Crippen LogP contribution is -2.41. The number of para-hydroxylation sites is 1. The van der Waals surface area contributed by atoms with E-state index in [1.807, 2.05) is 42.5 Å². The van der Waals surface area contributed by atoms with Crippen molar-refractivity contribution in [2.24, 2.45) is 0 Å². The molecule has 1 aliphatic heterocycles. The second-order valence-corrected chi connectivity index (χ2v) is 8.26. The molecule has 3 heterocycles. The van der Waals surface area contributed by atoms with Crippen LogP contribution < -0.4 is 10.6 Å². The molecule has 1 saturated heterocycles. The fraction of sp³-hybridized carbons (Fsp3) is 0.185. The van der Waals surface area contributed by atoms with E-state index in [-0.39, 0.29) is 11.8 Å². The summed E-state index contributed by atoms with van der Waals surface area (Å²) < 4.78 is 5.31. The molecule has 0 spiro atoms. The van der Waals surface area contributed by atoms with E-state index in [0.717, 1.165) is 24.0 Å². The normalized spacial score (nSPS) is 13.9. The van der Waals surface area contributed by atoms with Crippen LogP contribution in [0.15, 0.2) is 79.0 Å². The first-order valence-corrected chi connectivity index (χ1v) is 11.5. The number of carbonyl (C=O) groups is 2. The van der Waals surface area contributed by atoms with Crippen LogP contribution in [0, 0.1) is 0 Å². The first-order chi connectivity index (χ1) is 17.2. The molecular weight excluding hydrogens is 442 g/mol. The third kappa shape index (κ3) is 5.51. The van der Waals surface area contributed by atoms with Crippen molar-refractivity contribution in [2.45, 2.75) is 0 Å². The Labute approximate surface area is 203 Å². The molecule has 0 unspecified atom stereocenters. The van der Waals surface area contributed by atoms with Gasteiger partial charge in [-0.05, 0) is 48.5 Å². The average Bonchev–Trinajstić information content (AvgIpc) is 2.90. The van der Waals surface area contributed by atoms with Crippen LogP contribution in [0.4, 0.5) is 11.4 Å². The minimum Gasteiger partial charge on any atom is -0.379 e. The van der Waals surface area contributed by atoms with E-state index in [1.165, 1.54) is 0 Å². The molecule has 2 aromatic heterocycles. The fourth-order valence-corrected chi connectivity index (χ4v) is 4.01. The number of nitrogens with zero attached hydrogens (tertiary/aromatic N) is 3. The van der Waals surface area contributed by atoms with Crippen molar-refractivity contribution in [2.75, 3.05) is 43.5 Å². The van der Waals surface area contributed by atoms with Gasteiger partial charge in [-0.1, -0.05) is 24.3 Å². The molecule has 2 amide bonds. The summed E-state index contributed by atoms with van der Waals surface area (Å²) in [7, 11) is 0. The van der Waals surface area contributed by atoms with Gasteiger partial charge in [-0.15, -0.1) is 0 Å². The summed E-state index contributed by atoms with van der Waals surface area (Å²) >= 11 is 0. The summed E-state index contributed by atoms with van der Waals surface area (Å²) in [6.45, 7) is 3.14. The summed E-state index contributed by atoms with van der Waals surface area (Å²) in [5.41, 5.74) is 3.87. The van der Waals surface area contributed by atoms with Gasteiger partial charge in [0, 0.05) is 36.0 Å². The maximum atomic E-state index is 13.3. The third-order valence-electron chi connectivity index (χ3n) is 5.79. The minimum atomic E-state index is -0.245. The number of nitrogens with one attached hydrogen (secondary N) is 2. The Morgan fingerprint density at radius 3 is 2.31 bits per heavy atom. The van der Waals surface area contributed by atoms with Crippen LogP contribution in [0.5, 0.6) is 0 Å². The molecule has 0 saturated carbocycles. The molecule has 8 nitrogen and oxygen atoms in total. The smallest absolute Gasteiger partial charge is 0.256 e. The predicted octanol–water partition coefficient (Wildman–Crippen LogP) is 3.82. The Kier molecular flexibility index (Phi) is 6.74. The van der Waals surface area contributed by atoms with Gasteiger partial charge in [-0.25, -0.2) is 4.98 Å². The summed E-state index contributed by atoms with van der Waals surface area (Å²) in [6.07, 6.45) is 1.70. The highest BCUT2D eigenvalue weighted by Crippen LogP contribution is 2.25. The number of morpholine rings is 1. The van der Waals surface area contributed by atoms with Crippen LogP contribution >= 0.6 is 0 Å². The molecule has 8 heteroatoms. The van der Waals surface area contributed by atoms with E-state index < -0.39 is 0 Å². The van der Waals surface area contributed by atoms with E-state index in [1.54, 1.807) is 36.5 Å². The molecule has 0 aliphatic carbocycles. The van der Waals surface area contributed by atoms with Crippen molar-refractivity contribution in [3.05, 3.63) is 84.6 Å². The number of pyridine rings is 2. The average molecular weight is 468 g/mol. The number of fused-ring (bicyclic) bond motifs is 1. The molecule has 5 rings (SSSR count). The number of benzene rings is 2. The number of hydrogen-bond acceptors (Lipinski definition) is 6. The fourth-order valence-electron chi connectivity index (χ4n) is 4.01. The summed E-state index contributed by atoms with van der Waals surface area (Å²) in [5, 5.41) is 6.62. The highest BCUT2D eigenvalue weighted by Gasteiger charge is 2.16. The van der Waals surface area contributed by atoms with Crippen LogP contribution in [-0.2, 0) is 9.53 Å². The largest absolute Gasteiger partial charge is 0.379 e. The van der Waals surface area contributed by atoms with Crippen molar-refractivity contribution < 1.29 is 14.3 Å². The Bertz CT molecular complexity index is 1340. The van der Waals surface area contributed by atoms with Crippen molar-refractivity contribution in [1.82, 2.24) is 14.9 Å². The lowest BCUT2D eigenvalue weighted by molar-refractivity contribution is -0.118. The van der Waals surface area contributed by atoms with E-state index in [0.29, 0.717) is 48.1 Å². The van der Waals surface area contributed by atoms with Crippen LogP contribution in [0.3, 0.4) is 0 Å². The Hall–Kier alpha value is -4.14. The lowest BCUT2D eigenvalue weighted by Gasteiger charge is -2.25. The van der Waals surface area contributed by atoms with E-state index in [2.05, 4.69) is 25.5 Å². The molecule has 35 heavy (non-hydrogen) atoms. The number of ether oxygens (including phenoxy) is 1.